The Morgan fingerprint density at radius 3 is 2.28 bits per heavy atom. The Morgan fingerprint density at radius 2 is 1.64 bits per heavy atom. The van der Waals surface area contributed by atoms with Gasteiger partial charge in [-0.3, -0.25) is 4.79 Å². The van der Waals surface area contributed by atoms with Gasteiger partial charge >= 0.3 is 5.97 Å². The fourth-order valence-corrected chi connectivity index (χ4v) is 3.54. The van der Waals surface area contributed by atoms with Crippen molar-refractivity contribution in [1.29, 1.82) is 0 Å². The lowest BCUT2D eigenvalue weighted by molar-refractivity contribution is -0.136. The molecule has 0 saturated carbocycles. The number of rotatable bonds is 5. The number of Topliss-reactive ketones (excluding diaryl/α,β-unsaturated/α-hetero) is 1. The minimum Gasteiger partial charge on any atom is -0.476 e. The van der Waals surface area contributed by atoms with Crippen LogP contribution in [-0.4, -0.2) is 18.4 Å². The Balaban J connectivity index is 1.52. The van der Waals surface area contributed by atoms with Crippen LogP contribution in [0, 0.1) is 41.8 Å². The summed E-state index contributed by atoms with van der Waals surface area (Å²) < 4.78 is 96.0. The number of hydrogen-bond donors (Lipinski definition) is 0. The summed E-state index contributed by atoms with van der Waals surface area (Å²) in [7, 11) is 0. The maximum absolute atomic E-state index is 14.1. The molecule has 3 aromatic rings. The average molecular weight is 529 g/mol. The topological polar surface area (TPSA) is 61.8 Å². The Bertz CT molecular complexity index is 1420. The lowest BCUT2D eigenvalue weighted by Gasteiger charge is -2.11. The first-order valence-electron chi connectivity index (χ1n) is 9.87. The molecule has 1 aliphatic heterocycles. The van der Waals surface area contributed by atoms with Gasteiger partial charge in [0.25, 0.3) is 0 Å². The molecular weight excluding hydrogens is 518 g/mol. The molecule has 3 aromatic carbocycles. The van der Waals surface area contributed by atoms with Gasteiger partial charge in [0.1, 0.15) is 17.3 Å². The van der Waals surface area contributed by atoms with E-state index in [1.165, 1.54) is 25.1 Å². The molecule has 0 unspecified atom stereocenters. The predicted octanol–water partition coefficient (Wildman–Crippen LogP) is 6.08. The number of carbonyl (C=O) groups is 2. The van der Waals surface area contributed by atoms with Crippen LogP contribution in [0.2, 0.25) is 5.02 Å². The lowest BCUT2D eigenvalue weighted by atomic mass is 10.0. The molecule has 0 bridgehead atoms. The number of aryl methyl sites for hydroxylation is 1. The monoisotopic (exact) mass is 528 g/mol. The molecule has 4 rings (SSSR count). The molecule has 1 heterocycles. The zero-order chi connectivity index (χ0) is 26.3. The Hall–Kier alpha value is -3.99. The van der Waals surface area contributed by atoms with Crippen LogP contribution in [0.4, 0.5) is 26.3 Å². The van der Waals surface area contributed by atoms with Gasteiger partial charge in [-0.25, -0.2) is 22.4 Å². The first kappa shape index (κ1) is 25.1. The highest BCUT2D eigenvalue weighted by atomic mass is 35.5. The molecule has 0 spiro atoms. The molecule has 0 fully saturated rings. The molecule has 0 saturated heterocycles. The number of fused-ring (bicyclic) bond motifs is 1. The van der Waals surface area contributed by atoms with Crippen molar-refractivity contribution in [2.24, 2.45) is 0 Å². The highest BCUT2D eigenvalue weighted by Gasteiger charge is 2.31. The molecule has 0 radical (unpaired) electrons. The second-order valence-electron chi connectivity index (χ2n) is 7.35. The molecule has 5 nitrogen and oxygen atoms in total. The number of carbonyl (C=O) groups excluding carboxylic acids is 2. The third kappa shape index (κ3) is 4.49. The maximum Gasteiger partial charge on any atom is 0.349 e. The van der Waals surface area contributed by atoms with Crippen molar-refractivity contribution in [3.05, 3.63) is 92.7 Å². The number of ketones is 1. The van der Waals surface area contributed by atoms with E-state index < -0.39 is 59.0 Å². The Morgan fingerprint density at radius 1 is 1.00 bits per heavy atom. The fraction of sp³-hybridized carbons (Fsp3) is 0.0833. The standard InChI is InChI=1S/C24H11ClF6O5/c1-9-5-10(35-16(32)8-34-24-21(30)19(28)18(27)20(29)22(24)31)6-14-17(9)23(33)15(36-14)7-11-12(25)3-2-4-13(11)26/h2-7H,8H2,1H3/b15-7-. The Kier molecular flexibility index (Phi) is 6.68. The van der Waals surface area contributed by atoms with E-state index in [9.17, 15) is 35.9 Å². The molecule has 12 heteroatoms. The number of halogens is 7. The Labute approximate surface area is 203 Å². The molecular formula is C24H11ClF6O5. The molecule has 36 heavy (non-hydrogen) atoms. The van der Waals surface area contributed by atoms with Crippen molar-refractivity contribution in [2.75, 3.05) is 6.61 Å². The molecule has 0 aliphatic carbocycles. The van der Waals surface area contributed by atoms with Crippen molar-refractivity contribution in [2.45, 2.75) is 6.92 Å². The fourth-order valence-electron chi connectivity index (χ4n) is 3.32. The molecule has 1 aliphatic rings. The molecule has 0 atom stereocenters. The summed E-state index contributed by atoms with van der Waals surface area (Å²) in [6, 6.07) is 6.34. The van der Waals surface area contributed by atoms with Crippen molar-refractivity contribution < 1.29 is 50.1 Å². The SMILES string of the molecule is Cc1cc(OC(=O)COc2c(F)c(F)c(F)c(F)c2F)cc2c1C(=O)/C(=C/c1c(F)cccc1Cl)O2. The van der Waals surface area contributed by atoms with Gasteiger partial charge in [0, 0.05) is 11.6 Å². The minimum absolute atomic E-state index is 0.0370. The number of allylic oxidation sites excluding steroid dienone is 1. The van der Waals surface area contributed by atoms with E-state index in [0.717, 1.165) is 18.2 Å². The average Bonchev–Trinajstić information content (AvgIpc) is 3.14. The van der Waals surface area contributed by atoms with Crippen molar-refractivity contribution in [3.63, 3.8) is 0 Å². The van der Waals surface area contributed by atoms with Gasteiger partial charge in [-0.05, 0) is 36.8 Å². The van der Waals surface area contributed by atoms with Crippen LogP contribution in [0.1, 0.15) is 21.5 Å². The summed E-state index contributed by atoms with van der Waals surface area (Å²) in [5.41, 5.74) is 0.320. The summed E-state index contributed by atoms with van der Waals surface area (Å²) in [6.07, 6.45) is 1.11. The van der Waals surface area contributed by atoms with Crippen molar-refractivity contribution >= 4 is 29.4 Å². The third-order valence-corrected chi connectivity index (χ3v) is 5.28. The van der Waals surface area contributed by atoms with E-state index in [1.807, 2.05) is 0 Å². The molecule has 0 N–H and O–H groups in total. The van der Waals surface area contributed by atoms with Crippen molar-refractivity contribution in [1.82, 2.24) is 0 Å². The zero-order valence-corrected chi connectivity index (χ0v) is 18.6. The predicted molar refractivity (Wildman–Crippen MR) is 113 cm³/mol. The van der Waals surface area contributed by atoms with Gasteiger partial charge in [0.05, 0.1) is 10.6 Å². The van der Waals surface area contributed by atoms with Crippen molar-refractivity contribution in [3.8, 4) is 17.2 Å². The summed E-state index contributed by atoms with van der Waals surface area (Å²) in [5, 5.41) is 0.0370. The van der Waals surface area contributed by atoms with Gasteiger partial charge in [-0.2, -0.15) is 8.78 Å². The summed E-state index contributed by atoms with van der Waals surface area (Å²) in [6.45, 7) is 0.271. The number of ether oxygens (including phenoxy) is 3. The van der Waals surface area contributed by atoms with E-state index in [0.29, 0.717) is 5.56 Å². The van der Waals surface area contributed by atoms with Crippen LogP contribution >= 0.6 is 11.6 Å². The molecule has 186 valence electrons. The summed E-state index contributed by atoms with van der Waals surface area (Å²) in [4.78, 5) is 24.8. The van der Waals surface area contributed by atoms with E-state index in [2.05, 4.69) is 4.74 Å². The van der Waals surface area contributed by atoms with Gasteiger partial charge in [0.2, 0.25) is 34.9 Å². The highest BCUT2D eigenvalue weighted by molar-refractivity contribution is 6.32. The summed E-state index contributed by atoms with van der Waals surface area (Å²) >= 11 is 5.97. The minimum atomic E-state index is -2.38. The van der Waals surface area contributed by atoms with Gasteiger partial charge < -0.3 is 14.2 Å². The number of hydrogen-bond acceptors (Lipinski definition) is 5. The van der Waals surface area contributed by atoms with E-state index in [4.69, 9.17) is 21.1 Å². The van der Waals surface area contributed by atoms with Crippen LogP contribution < -0.4 is 14.2 Å². The van der Waals surface area contributed by atoms with Crippen LogP contribution in [-0.2, 0) is 4.79 Å². The smallest absolute Gasteiger partial charge is 0.349 e. The lowest BCUT2D eigenvalue weighted by Crippen LogP contribution is -2.19. The molecule has 0 amide bonds. The van der Waals surface area contributed by atoms with Gasteiger partial charge in [0.15, 0.2) is 18.1 Å². The van der Waals surface area contributed by atoms with Crippen LogP contribution in [0.5, 0.6) is 17.2 Å². The zero-order valence-electron chi connectivity index (χ0n) is 17.9. The normalized spacial score (nSPS) is 13.6. The maximum atomic E-state index is 14.1. The first-order valence-corrected chi connectivity index (χ1v) is 10.2. The molecule has 0 aromatic heterocycles. The number of benzene rings is 3. The second-order valence-corrected chi connectivity index (χ2v) is 7.76. The number of esters is 1. The van der Waals surface area contributed by atoms with Crippen LogP contribution in [0.3, 0.4) is 0 Å². The summed E-state index contributed by atoms with van der Waals surface area (Å²) in [5.74, 6) is -16.0. The largest absolute Gasteiger partial charge is 0.476 e. The van der Waals surface area contributed by atoms with E-state index >= 15 is 0 Å². The van der Waals surface area contributed by atoms with E-state index in [-0.39, 0.29) is 33.4 Å². The van der Waals surface area contributed by atoms with Crippen LogP contribution in [0.25, 0.3) is 6.08 Å². The second kappa shape index (κ2) is 9.57. The van der Waals surface area contributed by atoms with E-state index in [1.54, 1.807) is 0 Å². The quantitative estimate of drug-likeness (QED) is 0.100. The van der Waals surface area contributed by atoms with Gasteiger partial charge in [-0.1, -0.05) is 17.7 Å². The first-order chi connectivity index (χ1) is 17.0. The van der Waals surface area contributed by atoms with Crippen LogP contribution in [0.15, 0.2) is 36.1 Å². The highest BCUT2D eigenvalue weighted by Crippen LogP contribution is 2.38. The third-order valence-electron chi connectivity index (χ3n) is 4.95. The van der Waals surface area contributed by atoms with Gasteiger partial charge in [-0.15, -0.1) is 0 Å².